The molecule has 0 bridgehead atoms. The predicted octanol–water partition coefficient (Wildman–Crippen LogP) is 1.53. The molecule has 0 amide bonds. The summed E-state index contributed by atoms with van der Waals surface area (Å²) in [6, 6.07) is 5.25. The first-order chi connectivity index (χ1) is 7.69. The molecule has 0 aromatic heterocycles. The van der Waals surface area contributed by atoms with Gasteiger partial charge in [-0.2, -0.15) is 0 Å². The molecular formula is C12H15NO3. The molecule has 4 heteroatoms. The number of likely N-dealkylation sites (N-methyl/N-ethyl adjacent to an activating group) is 1. The number of anilines is 1. The van der Waals surface area contributed by atoms with E-state index >= 15 is 0 Å². The van der Waals surface area contributed by atoms with E-state index in [9.17, 15) is 4.79 Å². The lowest BCUT2D eigenvalue weighted by atomic mass is 10.1. The van der Waals surface area contributed by atoms with Gasteiger partial charge in [-0.05, 0) is 19.1 Å². The fourth-order valence-corrected chi connectivity index (χ4v) is 2.30. The molecular weight excluding hydrogens is 206 g/mol. The van der Waals surface area contributed by atoms with Crippen LogP contribution in [-0.4, -0.2) is 30.8 Å². The summed E-state index contributed by atoms with van der Waals surface area (Å²) in [5, 5.41) is 9.17. The van der Waals surface area contributed by atoms with Crippen molar-refractivity contribution in [1.29, 1.82) is 0 Å². The van der Waals surface area contributed by atoms with E-state index in [4.69, 9.17) is 9.84 Å². The Morgan fingerprint density at radius 1 is 1.62 bits per heavy atom. The average molecular weight is 221 g/mol. The van der Waals surface area contributed by atoms with Crippen molar-refractivity contribution >= 4 is 11.7 Å². The first-order valence-electron chi connectivity index (χ1n) is 5.34. The Kier molecular flexibility index (Phi) is 2.73. The summed E-state index contributed by atoms with van der Waals surface area (Å²) >= 11 is 0. The molecule has 1 aliphatic heterocycles. The second-order valence-corrected chi connectivity index (χ2v) is 3.80. The molecule has 0 saturated carbocycles. The maximum absolute atomic E-state index is 11.2. The fraction of sp³-hybridized carbons (Fsp3) is 0.417. The number of benzene rings is 1. The van der Waals surface area contributed by atoms with Crippen molar-refractivity contribution in [2.75, 3.05) is 18.6 Å². The van der Waals surface area contributed by atoms with E-state index < -0.39 is 12.0 Å². The van der Waals surface area contributed by atoms with Crippen LogP contribution in [0.25, 0.3) is 0 Å². The second kappa shape index (κ2) is 4.04. The van der Waals surface area contributed by atoms with E-state index in [2.05, 4.69) is 0 Å². The summed E-state index contributed by atoms with van der Waals surface area (Å²) in [5.41, 5.74) is 1.98. The topological polar surface area (TPSA) is 49.8 Å². The molecule has 1 unspecified atom stereocenters. The Bertz CT molecular complexity index is 417. The molecule has 0 radical (unpaired) electrons. The molecule has 0 spiro atoms. The molecule has 4 nitrogen and oxygen atoms in total. The smallest absolute Gasteiger partial charge is 0.326 e. The van der Waals surface area contributed by atoms with Crippen LogP contribution in [0.2, 0.25) is 0 Å². The van der Waals surface area contributed by atoms with Crippen LogP contribution in [0.1, 0.15) is 12.5 Å². The number of rotatable bonds is 3. The first-order valence-corrected chi connectivity index (χ1v) is 5.34. The van der Waals surface area contributed by atoms with Crippen molar-refractivity contribution in [2.24, 2.45) is 0 Å². The standard InChI is InChI=1S/C12H15NO3/c1-3-13-9-5-4-6-11(16-2)8(9)7-10(13)12(14)15/h4-6,10H,3,7H2,1-2H3,(H,14,15). The molecule has 0 aliphatic carbocycles. The molecule has 0 fully saturated rings. The summed E-state index contributed by atoms with van der Waals surface area (Å²) in [4.78, 5) is 13.1. The van der Waals surface area contributed by atoms with Crippen LogP contribution in [0.15, 0.2) is 18.2 Å². The lowest BCUT2D eigenvalue weighted by molar-refractivity contribution is -0.138. The molecule has 2 rings (SSSR count). The van der Waals surface area contributed by atoms with Crippen molar-refractivity contribution in [1.82, 2.24) is 0 Å². The van der Waals surface area contributed by atoms with E-state index in [1.165, 1.54) is 0 Å². The van der Waals surface area contributed by atoms with Gasteiger partial charge in [0.15, 0.2) is 0 Å². The summed E-state index contributed by atoms with van der Waals surface area (Å²) < 4.78 is 5.26. The van der Waals surface area contributed by atoms with E-state index in [-0.39, 0.29) is 0 Å². The van der Waals surface area contributed by atoms with Crippen LogP contribution in [0.5, 0.6) is 5.75 Å². The summed E-state index contributed by atoms with van der Waals surface area (Å²) in [5.74, 6) is -0.000182. The van der Waals surface area contributed by atoms with Gasteiger partial charge < -0.3 is 14.7 Å². The third-order valence-corrected chi connectivity index (χ3v) is 3.04. The maximum atomic E-state index is 11.2. The Hall–Kier alpha value is -1.71. The number of carboxylic acid groups (broad SMARTS) is 1. The van der Waals surface area contributed by atoms with E-state index in [1.807, 2.05) is 30.0 Å². The Labute approximate surface area is 94.4 Å². The van der Waals surface area contributed by atoms with Crippen molar-refractivity contribution in [3.05, 3.63) is 23.8 Å². The van der Waals surface area contributed by atoms with Gasteiger partial charge in [0.1, 0.15) is 11.8 Å². The first kappa shape index (κ1) is 10.8. The van der Waals surface area contributed by atoms with Crippen LogP contribution in [0.3, 0.4) is 0 Å². The molecule has 1 aliphatic rings. The van der Waals surface area contributed by atoms with Gasteiger partial charge in [-0.25, -0.2) is 4.79 Å². The minimum Gasteiger partial charge on any atom is -0.496 e. The van der Waals surface area contributed by atoms with Gasteiger partial charge in [0.25, 0.3) is 0 Å². The number of nitrogens with zero attached hydrogens (tertiary/aromatic N) is 1. The highest BCUT2D eigenvalue weighted by Crippen LogP contribution is 2.37. The van der Waals surface area contributed by atoms with E-state index in [0.29, 0.717) is 13.0 Å². The number of methoxy groups -OCH3 is 1. The Balaban J connectivity index is 2.45. The highest BCUT2D eigenvalue weighted by Gasteiger charge is 2.34. The zero-order valence-corrected chi connectivity index (χ0v) is 9.43. The number of hydrogen-bond acceptors (Lipinski definition) is 3. The van der Waals surface area contributed by atoms with Crippen LogP contribution in [0.4, 0.5) is 5.69 Å². The third-order valence-electron chi connectivity index (χ3n) is 3.04. The third kappa shape index (κ3) is 1.50. The average Bonchev–Trinajstić information content (AvgIpc) is 2.67. The van der Waals surface area contributed by atoms with Crippen LogP contribution < -0.4 is 9.64 Å². The molecule has 1 aromatic rings. The quantitative estimate of drug-likeness (QED) is 0.841. The molecule has 1 aromatic carbocycles. The van der Waals surface area contributed by atoms with Crippen molar-refractivity contribution in [2.45, 2.75) is 19.4 Å². The second-order valence-electron chi connectivity index (χ2n) is 3.80. The number of fused-ring (bicyclic) bond motifs is 1. The SMILES string of the molecule is CCN1c2cccc(OC)c2CC1C(=O)O. The lowest BCUT2D eigenvalue weighted by Crippen LogP contribution is -2.38. The summed E-state index contributed by atoms with van der Waals surface area (Å²) in [6.07, 6.45) is 0.516. The largest absolute Gasteiger partial charge is 0.496 e. The number of aliphatic carboxylic acids is 1. The monoisotopic (exact) mass is 221 g/mol. The Morgan fingerprint density at radius 2 is 2.38 bits per heavy atom. The number of hydrogen-bond donors (Lipinski definition) is 1. The van der Waals surface area contributed by atoms with Crippen molar-refractivity contribution in [3.63, 3.8) is 0 Å². The summed E-state index contributed by atoms with van der Waals surface area (Å²) in [6.45, 7) is 2.65. The molecule has 1 atom stereocenters. The van der Waals surface area contributed by atoms with Crippen LogP contribution >= 0.6 is 0 Å². The molecule has 86 valence electrons. The van der Waals surface area contributed by atoms with E-state index in [1.54, 1.807) is 7.11 Å². The summed E-state index contributed by atoms with van der Waals surface area (Å²) in [7, 11) is 1.61. The highest BCUT2D eigenvalue weighted by atomic mass is 16.5. The van der Waals surface area contributed by atoms with Gasteiger partial charge >= 0.3 is 5.97 Å². The minimum absolute atomic E-state index is 0.462. The zero-order valence-electron chi connectivity index (χ0n) is 9.43. The van der Waals surface area contributed by atoms with Crippen LogP contribution in [-0.2, 0) is 11.2 Å². The van der Waals surface area contributed by atoms with Gasteiger partial charge in [0.05, 0.1) is 7.11 Å². The number of carboxylic acids is 1. The minimum atomic E-state index is -0.778. The Morgan fingerprint density at radius 3 is 2.94 bits per heavy atom. The fourth-order valence-electron chi connectivity index (χ4n) is 2.30. The van der Waals surface area contributed by atoms with Crippen molar-refractivity contribution < 1.29 is 14.6 Å². The van der Waals surface area contributed by atoms with Crippen molar-refractivity contribution in [3.8, 4) is 5.75 Å². The highest BCUT2D eigenvalue weighted by molar-refractivity contribution is 5.83. The van der Waals surface area contributed by atoms with Gasteiger partial charge in [0, 0.05) is 24.2 Å². The van der Waals surface area contributed by atoms with Crippen LogP contribution in [0, 0.1) is 0 Å². The molecule has 0 saturated heterocycles. The van der Waals surface area contributed by atoms with E-state index in [0.717, 1.165) is 17.0 Å². The molecule has 1 heterocycles. The predicted molar refractivity (Wildman–Crippen MR) is 61.1 cm³/mol. The van der Waals surface area contributed by atoms with Gasteiger partial charge in [0.2, 0.25) is 0 Å². The maximum Gasteiger partial charge on any atom is 0.326 e. The number of ether oxygens (including phenoxy) is 1. The molecule has 1 N–H and O–H groups in total. The number of carbonyl (C=O) groups is 1. The van der Waals surface area contributed by atoms with Gasteiger partial charge in [-0.1, -0.05) is 6.07 Å². The zero-order chi connectivity index (χ0) is 11.7. The molecule has 16 heavy (non-hydrogen) atoms. The van der Waals surface area contributed by atoms with Gasteiger partial charge in [-0.15, -0.1) is 0 Å². The lowest BCUT2D eigenvalue weighted by Gasteiger charge is -2.22. The normalized spacial score (nSPS) is 18.4. The van der Waals surface area contributed by atoms with Gasteiger partial charge in [-0.3, -0.25) is 0 Å².